The predicted molar refractivity (Wildman–Crippen MR) is 69.5 cm³/mol. The van der Waals surface area contributed by atoms with Crippen LogP contribution in [-0.2, 0) is 9.53 Å². The van der Waals surface area contributed by atoms with Gasteiger partial charge in [-0.2, -0.15) is 0 Å². The molecule has 0 heterocycles. The van der Waals surface area contributed by atoms with Gasteiger partial charge in [-0.15, -0.1) is 0 Å². The molecule has 0 aromatic heterocycles. The van der Waals surface area contributed by atoms with Gasteiger partial charge in [-0.1, -0.05) is 45.3 Å². The highest BCUT2D eigenvalue weighted by molar-refractivity contribution is 5.76. The van der Waals surface area contributed by atoms with Crippen molar-refractivity contribution in [2.75, 3.05) is 19.7 Å². The van der Waals surface area contributed by atoms with E-state index in [0.29, 0.717) is 6.54 Å². The van der Waals surface area contributed by atoms with Gasteiger partial charge in [0, 0.05) is 6.54 Å². The van der Waals surface area contributed by atoms with E-state index in [9.17, 15) is 9.59 Å². The third-order valence-corrected chi connectivity index (χ3v) is 2.44. The zero-order valence-electron chi connectivity index (χ0n) is 11.1. The molecule has 0 radical (unpaired) electrons. The second kappa shape index (κ2) is 10.6. The Labute approximate surface area is 108 Å². The average Bonchev–Trinajstić information content (AvgIpc) is 2.33. The minimum atomic E-state index is -1.03. The van der Waals surface area contributed by atoms with E-state index in [2.05, 4.69) is 13.5 Å². The maximum atomic E-state index is 11.6. The molecule has 0 spiro atoms. The first-order valence-corrected chi connectivity index (χ1v) is 6.36. The Bertz CT molecular complexity index is 266. The van der Waals surface area contributed by atoms with Crippen LogP contribution in [-0.4, -0.2) is 41.8 Å². The normalized spacial score (nSPS) is 9.83. The molecule has 0 unspecified atom stereocenters. The number of unbranched alkanes of at least 4 members (excludes halogenated alkanes) is 4. The molecule has 104 valence electrons. The topological polar surface area (TPSA) is 66.8 Å². The van der Waals surface area contributed by atoms with Crippen molar-refractivity contribution in [2.45, 2.75) is 39.0 Å². The smallest absolute Gasteiger partial charge is 0.410 e. The van der Waals surface area contributed by atoms with Crippen LogP contribution in [0.1, 0.15) is 39.0 Å². The van der Waals surface area contributed by atoms with Crippen molar-refractivity contribution in [3.63, 3.8) is 0 Å². The fourth-order valence-corrected chi connectivity index (χ4v) is 1.53. The first-order chi connectivity index (χ1) is 8.61. The molecule has 5 heteroatoms. The molecule has 0 aliphatic heterocycles. The number of amides is 1. The van der Waals surface area contributed by atoms with Gasteiger partial charge >= 0.3 is 12.1 Å². The Kier molecular flexibility index (Phi) is 9.73. The molecule has 0 bridgehead atoms. The molecule has 5 nitrogen and oxygen atoms in total. The second-order valence-electron chi connectivity index (χ2n) is 4.10. The number of hydrogen-bond donors (Lipinski definition) is 1. The van der Waals surface area contributed by atoms with Crippen LogP contribution in [0, 0.1) is 0 Å². The highest BCUT2D eigenvalue weighted by Crippen LogP contribution is 2.05. The minimum Gasteiger partial charge on any atom is -0.480 e. The van der Waals surface area contributed by atoms with Crippen LogP contribution in [0.3, 0.4) is 0 Å². The number of ether oxygens (including phenoxy) is 1. The predicted octanol–water partition coefficient (Wildman–Crippen LogP) is 2.67. The molecule has 0 saturated carbocycles. The van der Waals surface area contributed by atoms with Crippen molar-refractivity contribution in [1.29, 1.82) is 0 Å². The summed E-state index contributed by atoms with van der Waals surface area (Å²) >= 11 is 0. The van der Waals surface area contributed by atoms with Crippen molar-refractivity contribution >= 4 is 12.1 Å². The SMILES string of the molecule is C=CCOC(=O)N(CCCCCCC)CC(=O)O. The third kappa shape index (κ3) is 8.61. The highest BCUT2D eigenvalue weighted by Gasteiger charge is 2.17. The molecule has 0 aliphatic rings. The molecule has 0 rings (SSSR count). The lowest BCUT2D eigenvalue weighted by molar-refractivity contribution is -0.138. The lowest BCUT2D eigenvalue weighted by Gasteiger charge is -2.19. The van der Waals surface area contributed by atoms with Gasteiger partial charge in [0.2, 0.25) is 0 Å². The van der Waals surface area contributed by atoms with E-state index in [1.165, 1.54) is 17.4 Å². The number of aliphatic carboxylic acids is 1. The van der Waals surface area contributed by atoms with Crippen LogP contribution in [0.15, 0.2) is 12.7 Å². The van der Waals surface area contributed by atoms with Crippen molar-refractivity contribution in [2.24, 2.45) is 0 Å². The van der Waals surface area contributed by atoms with E-state index in [1.807, 2.05) is 0 Å². The Morgan fingerprint density at radius 3 is 2.50 bits per heavy atom. The molecular weight excluding hydrogens is 234 g/mol. The summed E-state index contributed by atoms with van der Waals surface area (Å²) in [5.74, 6) is -1.03. The van der Waals surface area contributed by atoms with E-state index in [0.717, 1.165) is 25.7 Å². The van der Waals surface area contributed by atoms with E-state index >= 15 is 0 Å². The summed E-state index contributed by atoms with van der Waals surface area (Å²) in [6, 6.07) is 0. The zero-order valence-corrected chi connectivity index (χ0v) is 11.1. The van der Waals surface area contributed by atoms with Gasteiger partial charge in [0.15, 0.2) is 0 Å². The number of hydrogen-bond acceptors (Lipinski definition) is 3. The maximum absolute atomic E-state index is 11.6. The number of carboxylic acids is 1. The monoisotopic (exact) mass is 257 g/mol. The lowest BCUT2D eigenvalue weighted by atomic mass is 10.1. The van der Waals surface area contributed by atoms with Gasteiger partial charge < -0.3 is 9.84 Å². The van der Waals surface area contributed by atoms with Crippen molar-refractivity contribution in [3.05, 3.63) is 12.7 Å². The Hall–Kier alpha value is -1.52. The van der Waals surface area contributed by atoms with Crippen molar-refractivity contribution in [1.82, 2.24) is 4.90 Å². The molecule has 1 amide bonds. The number of carbonyl (C=O) groups is 2. The van der Waals surface area contributed by atoms with Crippen LogP contribution in [0.4, 0.5) is 4.79 Å². The number of nitrogens with zero attached hydrogens (tertiary/aromatic N) is 1. The largest absolute Gasteiger partial charge is 0.480 e. The number of carboxylic acid groups (broad SMARTS) is 1. The van der Waals surface area contributed by atoms with Crippen molar-refractivity contribution < 1.29 is 19.4 Å². The average molecular weight is 257 g/mol. The lowest BCUT2D eigenvalue weighted by Crippen LogP contribution is -2.36. The molecule has 0 aromatic rings. The summed E-state index contributed by atoms with van der Waals surface area (Å²) in [5, 5.41) is 8.73. The molecular formula is C13H23NO4. The highest BCUT2D eigenvalue weighted by atomic mass is 16.6. The summed E-state index contributed by atoms with van der Waals surface area (Å²) in [6.45, 7) is 5.77. The van der Waals surface area contributed by atoms with Crippen LogP contribution in [0.2, 0.25) is 0 Å². The zero-order chi connectivity index (χ0) is 13.8. The summed E-state index contributed by atoms with van der Waals surface area (Å²) in [4.78, 5) is 23.4. The van der Waals surface area contributed by atoms with Crippen molar-refractivity contribution in [3.8, 4) is 0 Å². The molecule has 0 fully saturated rings. The summed E-state index contributed by atoms with van der Waals surface area (Å²) in [7, 11) is 0. The second-order valence-corrected chi connectivity index (χ2v) is 4.10. The van der Waals surface area contributed by atoms with E-state index < -0.39 is 12.1 Å². The first kappa shape index (κ1) is 16.5. The molecule has 18 heavy (non-hydrogen) atoms. The molecule has 0 atom stereocenters. The standard InChI is InChI=1S/C13H23NO4/c1-3-5-6-7-8-9-14(11-12(15)16)13(17)18-10-4-2/h4H,2-3,5-11H2,1H3,(H,15,16). The first-order valence-electron chi connectivity index (χ1n) is 6.36. The minimum absolute atomic E-state index is 0.102. The third-order valence-electron chi connectivity index (χ3n) is 2.44. The van der Waals surface area contributed by atoms with E-state index in [1.54, 1.807) is 0 Å². The van der Waals surface area contributed by atoms with Crippen LogP contribution in [0.25, 0.3) is 0 Å². The number of carbonyl (C=O) groups excluding carboxylic acids is 1. The fraction of sp³-hybridized carbons (Fsp3) is 0.692. The summed E-state index contributed by atoms with van der Waals surface area (Å²) in [5.41, 5.74) is 0. The summed E-state index contributed by atoms with van der Waals surface area (Å²) < 4.78 is 4.84. The fourth-order valence-electron chi connectivity index (χ4n) is 1.53. The van der Waals surface area contributed by atoms with Crippen LogP contribution >= 0.6 is 0 Å². The van der Waals surface area contributed by atoms with Gasteiger partial charge in [0.1, 0.15) is 13.2 Å². The van der Waals surface area contributed by atoms with E-state index in [-0.39, 0.29) is 13.2 Å². The summed E-state index contributed by atoms with van der Waals surface area (Å²) in [6.07, 6.45) is 6.10. The molecule has 0 saturated heterocycles. The number of rotatable bonds is 10. The quantitative estimate of drug-likeness (QED) is 0.482. The Morgan fingerprint density at radius 2 is 1.94 bits per heavy atom. The van der Waals surface area contributed by atoms with Gasteiger partial charge in [-0.3, -0.25) is 9.69 Å². The van der Waals surface area contributed by atoms with E-state index in [4.69, 9.17) is 9.84 Å². The van der Waals surface area contributed by atoms with Gasteiger partial charge in [0.05, 0.1) is 0 Å². The van der Waals surface area contributed by atoms with Crippen LogP contribution < -0.4 is 0 Å². The maximum Gasteiger partial charge on any atom is 0.410 e. The van der Waals surface area contributed by atoms with Gasteiger partial charge in [0.25, 0.3) is 0 Å². The van der Waals surface area contributed by atoms with Gasteiger partial charge in [-0.25, -0.2) is 4.79 Å². The Balaban J connectivity index is 4.01. The van der Waals surface area contributed by atoms with Gasteiger partial charge in [-0.05, 0) is 6.42 Å². The van der Waals surface area contributed by atoms with Crippen LogP contribution in [0.5, 0.6) is 0 Å². The molecule has 0 aliphatic carbocycles. The Morgan fingerprint density at radius 1 is 1.28 bits per heavy atom. The molecule has 0 aromatic carbocycles. The molecule has 1 N–H and O–H groups in total.